The summed E-state index contributed by atoms with van der Waals surface area (Å²) in [6.45, 7) is 3.92. The topological polar surface area (TPSA) is 101 Å². The third kappa shape index (κ3) is 5.51. The molecule has 0 heterocycles. The van der Waals surface area contributed by atoms with E-state index in [4.69, 9.17) is 9.84 Å². The highest BCUT2D eigenvalue weighted by Gasteiger charge is 2.32. The van der Waals surface area contributed by atoms with Crippen LogP contribution in [0.5, 0.6) is 11.5 Å². The lowest BCUT2D eigenvalue weighted by molar-refractivity contribution is -0.137. The fourth-order valence-electron chi connectivity index (χ4n) is 3.98. The van der Waals surface area contributed by atoms with Crippen molar-refractivity contribution in [2.24, 2.45) is 5.92 Å². The molecule has 0 radical (unpaired) electrons. The molecule has 0 fully saturated rings. The van der Waals surface area contributed by atoms with E-state index in [1.165, 1.54) is 6.92 Å². The summed E-state index contributed by atoms with van der Waals surface area (Å²) in [6.07, 6.45) is 2.60. The number of carboxylic acids is 1. The predicted octanol–water partition coefficient (Wildman–Crippen LogP) is 4.94. The SMILES string of the molecule is CCCc1c(OCCCSc2ccc3c(c2)CC(CC(=O)O)C3=O)ccc(C(C)=O)c1O. The van der Waals surface area contributed by atoms with Crippen molar-refractivity contribution in [2.45, 2.75) is 50.8 Å². The molecule has 1 aliphatic rings. The van der Waals surface area contributed by atoms with E-state index in [-0.39, 0.29) is 23.7 Å². The van der Waals surface area contributed by atoms with Crippen molar-refractivity contribution in [3.8, 4) is 11.5 Å². The number of rotatable bonds is 11. The summed E-state index contributed by atoms with van der Waals surface area (Å²) in [5.41, 5.74) is 2.55. The van der Waals surface area contributed by atoms with Crippen LogP contribution in [0.1, 0.15) is 65.0 Å². The Morgan fingerprint density at radius 2 is 2.00 bits per heavy atom. The molecule has 1 unspecified atom stereocenters. The van der Waals surface area contributed by atoms with E-state index in [1.54, 1.807) is 30.0 Å². The first kappa shape index (κ1) is 23.9. The van der Waals surface area contributed by atoms with Crippen LogP contribution in [0.2, 0.25) is 0 Å². The standard InChI is InChI=1S/C25H28O6S/c1-3-5-21-22(9-8-19(15(2)26)25(21)30)31-10-4-11-32-18-6-7-20-16(13-18)12-17(24(20)29)14-23(27)28/h6-9,13,17,30H,3-5,10-12,14H2,1-2H3,(H,27,28). The van der Waals surface area contributed by atoms with Gasteiger partial charge in [0.25, 0.3) is 0 Å². The summed E-state index contributed by atoms with van der Waals surface area (Å²) in [4.78, 5) is 36.0. The van der Waals surface area contributed by atoms with Gasteiger partial charge in [0.2, 0.25) is 0 Å². The summed E-state index contributed by atoms with van der Waals surface area (Å²) in [6, 6.07) is 9.04. The molecule has 3 rings (SSSR count). The van der Waals surface area contributed by atoms with Gasteiger partial charge in [-0.05, 0) is 56.0 Å². The Balaban J connectivity index is 1.53. The Bertz CT molecular complexity index is 1030. The lowest BCUT2D eigenvalue weighted by Gasteiger charge is -2.14. The zero-order chi connectivity index (χ0) is 23.3. The van der Waals surface area contributed by atoms with Crippen LogP contribution in [0.3, 0.4) is 0 Å². The van der Waals surface area contributed by atoms with E-state index in [0.717, 1.165) is 29.1 Å². The normalized spacial score (nSPS) is 14.9. The van der Waals surface area contributed by atoms with Crippen molar-refractivity contribution >= 4 is 29.3 Å². The van der Waals surface area contributed by atoms with Gasteiger partial charge in [0, 0.05) is 27.7 Å². The first-order chi connectivity index (χ1) is 15.3. The second-order valence-electron chi connectivity index (χ2n) is 7.98. The van der Waals surface area contributed by atoms with E-state index in [2.05, 4.69) is 0 Å². The number of ether oxygens (including phenoxy) is 1. The van der Waals surface area contributed by atoms with E-state index in [1.807, 2.05) is 19.1 Å². The average molecular weight is 457 g/mol. The molecule has 0 saturated heterocycles. The van der Waals surface area contributed by atoms with Crippen LogP contribution >= 0.6 is 11.8 Å². The molecular weight excluding hydrogens is 428 g/mol. The summed E-state index contributed by atoms with van der Waals surface area (Å²) in [7, 11) is 0. The Morgan fingerprint density at radius 3 is 2.69 bits per heavy atom. The molecule has 0 saturated carbocycles. The van der Waals surface area contributed by atoms with Gasteiger partial charge in [0.05, 0.1) is 18.6 Å². The van der Waals surface area contributed by atoms with Crippen LogP contribution in [0.25, 0.3) is 0 Å². The Labute approximate surface area is 192 Å². The summed E-state index contributed by atoms with van der Waals surface area (Å²) < 4.78 is 5.90. The van der Waals surface area contributed by atoms with E-state index < -0.39 is 11.9 Å². The molecule has 2 aromatic carbocycles. The molecule has 0 aromatic heterocycles. The van der Waals surface area contributed by atoms with Crippen LogP contribution < -0.4 is 4.74 Å². The lowest BCUT2D eigenvalue weighted by atomic mass is 10.0. The monoisotopic (exact) mass is 456 g/mol. The van der Waals surface area contributed by atoms with Crippen molar-refractivity contribution < 1.29 is 29.3 Å². The number of phenols is 1. The maximum absolute atomic E-state index is 12.3. The van der Waals surface area contributed by atoms with E-state index in [0.29, 0.717) is 41.9 Å². The summed E-state index contributed by atoms with van der Waals surface area (Å²) in [5, 5.41) is 19.4. The Kier molecular flexibility index (Phi) is 7.96. The number of carboxylic acid groups (broad SMARTS) is 1. The fraction of sp³-hybridized carbons (Fsp3) is 0.400. The highest BCUT2D eigenvalue weighted by Crippen LogP contribution is 2.34. The number of thioether (sulfide) groups is 1. The van der Waals surface area contributed by atoms with Gasteiger partial charge >= 0.3 is 5.97 Å². The zero-order valence-electron chi connectivity index (χ0n) is 18.3. The summed E-state index contributed by atoms with van der Waals surface area (Å²) in [5.74, 6) is -0.218. The van der Waals surface area contributed by atoms with Gasteiger partial charge in [0.1, 0.15) is 11.5 Å². The first-order valence-electron chi connectivity index (χ1n) is 10.8. The highest BCUT2D eigenvalue weighted by molar-refractivity contribution is 7.99. The lowest BCUT2D eigenvalue weighted by Crippen LogP contribution is -2.13. The van der Waals surface area contributed by atoms with Gasteiger partial charge in [-0.25, -0.2) is 0 Å². The molecule has 0 amide bonds. The highest BCUT2D eigenvalue weighted by atomic mass is 32.2. The van der Waals surface area contributed by atoms with Crippen LogP contribution in [0.15, 0.2) is 35.2 Å². The number of phenolic OH excluding ortho intramolecular Hbond substituents is 1. The molecular formula is C25H28O6S. The number of carbonyl (C=O) groups is 3. The number of fused-ring (bicyclic) bond motifs is 1. The third-order valence-corrected chi connectivity index (χ3v) is 6.61. The minimum Gasteiger partial charge on any atom is -0.507 e. The Hall–Kier alpha value is -2.80. The van der Waals surface area contributed by atoms with Crippen LogP contribution in [0, 0.1) is 5.92 Å². The number of hydrogen-bond acceptors (Lipinski definition) is 6. The second-order valence-corrected chi connectivity index (χ2v) is 9.15. The molecule has 6 nitrogen and oxygen atoms in total. The van der Waals surface area contributed by atoms with Gasteiger partial charge in [-0.3, -0.25) is 14.4 Å². The predicted molar refractivity (Wildman–Crippen MR) is 123 cm³/mol. The fourth-order valence-corrected chi connectivity index (χ4v) is 4.87. The molecule has 1 aliphatic carbocycles. The minimum atomic E-state index is -0.947. The molecule has 2 N–H and O–H groups in total. The van der Waals surface area contributed by atoms with Gasteiger partial charge in [-0.1, -0.05) is 19.4 Å². The van der Waals surface area contributed by atoms with Crippen molar-refractivity contribution in [2.75, 3.05) is 12.4 Å². The van der Waals surface area contributed by atoms with Crippen LogP contribution in [0.4, 0.5) is 0 Å². The van der Waals surface area contributed by atoms with Gasteiger partial charge < -0.3 is 14.9 Å². The Morgan fingerprint density at radius 1 is 1.22 bits per heavy atom. The van der Waals surface area contributed by atoms with Crippen LogP contribution in [-0.4, -0.2) is 40.1 Å². The summed E-state index contributed by atoms with van der Waals surface area (Å²) >= 11 is 1.66. The molecule has 170 valence electrons. The first-order valence-corrected chi connectivity index (χ1v) is 11.8. The maximum atomic E-state index is 12.3. The van der Waals surface area contributed by atoms with Crippen molar-refractivity contribution in [1.29, 1.82) is 0 Å². The number of aromatic hydroxyl groups is 1. The molecule has 0 spiro atoms. The molecule has 7 heteroatoms. The van der Waals surface area contributed by atoms with Crippen molar-refractivity contribution in [3.63, 3.8) is 0 Å². The molecule has 0 aliphatic heterocycles. The van der Waals surface area contributed by atoms with Gasteiger partial charge in [0.15, 0.2) is 11.6 Å². The maximum Gasteiger partial charge on any atom is 0.304 e. The average Bonchev–Trinajstić information content (AvgIpc) is 3.04. The van der Waals surface area contributed by atoms with Crippen molar-refractivity contribution in [3.05, 3.63) is 52.6 Å². The van der Waals surface area contributed by atoms with Crippen LogP contribution in [-0.2, 0) is 17.6 Å². The zero-order valence-corrected chi connectivity index (χ0v) is 19.2. The number of ketones is 2. The quantitative estimate of drug-likeness (QED) is 0.281. The largest absolute Gasteiger partial charge is 0.507 e. The molecule has 1 atom stereocenters. The van der Waals surface area contributed by atoms with Gasteiger partial charge in [-0.15, -0.1) is 11.8 Å². The smallest absolute Gasteiger partial charge is 0.304 e. The minimum absolute atomic E-state index is 0.0140. The van der Waals surface area contributed by atoms with Crippen molar-refractivity contribution in [1.82, 2.24) is 0 Å². The number of Topliss-reactive ketones (excluding diaryl/α,β-unsaturated/α-hetero) is 2. The molecule has 32 heavy (non-hydrogen) atoms. The number of carbonyl (C=O) groups excluding carboxylic acids is 2. The molecule has 0 bridgehead atoms. The number of aliphatic carboxylic acids is 1. The third-order valence-electron chi connectivity index (χ3n) is 5.53. The van der Waals surface area contributed by atoms with E-state index >= 15 is 0 Å². The molecule has 2 aromatic rings. The number of benzene rings is 2. The van der Waals surface area contributed by atoms with E-state index in [9.17, 15) is 19.5 Å². The second kappa shape index (κ2) is 10.7. The van der Waals surface area contributed by atoms with Gasteiger partial charge in [-0.2, -0.15) is 0 Å². The number of hydrogen-bond donors (Lipinski definition) is 2.